The van der Waals surface area contributed by atoms with E-state index in [2.05, 4.69) is 6.92 Å². The molecule has 4 rings (SSSR count). The SMILES string of the molecule is [2H]C([2H])([2H])[C@]1(O)[C@@H](O)C[C@H]2[C@@H]3CC[C@H]4C[C@@H](O)CC[C@]4(C)[C@H]3CC[C@@]21C. The van der Waals surface area contributed by atoms with Gasteiger partial charge in [-0.25, -0.2) is 0 Å². The number of aliphatic hydroxyl groups is 3. The zero-order valence-electron chi connectivity index (χ0n) is 17.5. The molecule has 0 unspecified atom stereocenters. The highest BCUT2D eigenvalue weighted by Crippen LogP contribution is 2.68. The number of hydrogen-bond donors (Lipinski definition) is 3. The van der Waals surface area contributed by atoms with E-state index >= 15 is 0 Å². The second-order valence-corrected chi connectivity index (χ2v) is 9.56. The van der Waals surface area contributed by atoms with E-state index in [9.17, 15) is 15.3 Å². The molecule has 0 heterocycles. The van der Waals surface area contributed by atoms with Crippen LogP contribution >= 0.6 is 0 Å². The Balaban J connectivity index is 1.68. The Morgan fingerprint density at radius 2 is 1.74 bits per heavy atom. The number of hydrogen-bond acceptors (Lipinski definition) is 3. The summed E-state index contributed by atoms with van der Waals surface area (Å²) < 4.78 is 23.8. The summed E-state index contributed by atoms with van der Waals surface area (Å²) in [5.74, 6) is 1.49. The summed E-state index contributed by atoms with van der Waals surface area (Å²) in [5, 5.41) is 32.0. The molecule has 23 heavy (non-hydrogen) atoms. The first-order valence-corrected chi connectivity index (χ1v) is 9.53. The van der Waals surface area contributed by atoms with Gasteiger partial charge in [-0.3, -0.25) is 0 Å². The van der Waals surface area contributed by atoms with E-state index in [1.165, 1.54) is 0 Å². The summed E-state index contributed by atoms with van der Waals surface area (Å²) in [5.41, 5.74) is -2.55. The first-order chi connectivity index (χ1) is 11.9. The molecule has 3 nitrogen and oxygen atoms in total. The lowest BCUT2D eigenvalue weighted by molar-refractivity contribution is -0.164. The average molecular weight is 326 g/mol. The van der Waals surface area contributed by atoms with Crippen LogP contribution in [0.5, 0.6) is 0 Å². The van der Waals surface area contributed by atoms with Crippen LogP contribution in [0.1, 0.15) is 76.2 Å². The molecule has 0 aliphatic heterocycles. The monoisotopic (exact) mass is 325 g/mol. The molecule has 4 aliphatic carbocycles. The summed E-state index contributed by atoms with van der Waals surface area (Å²) in [6, 6.07) is 0. The van der Waals surface area contributed by atoms with Crippen molar-refractivity contribution in [2.45, 2.75) is 89.9 Å². The summed E-state index contributed by atoms with van der Waals surface area (Å²) in [7, 11) is 0. The lowest BCUT2D eigenvalue weighted by Crippen LogP contribution is -2.57. The van der Waals surface area contributed by atoms with Gasteiger partial charge in [0.2, 0.25) is 0 Å². The van der Waals surface area contributed by atoms with E-state index in [0.717, 1.165) is 38.5 Å². The highest BCUT2D eigenvalue weighted by Gasteiger charge is 2.66. The van der Waals surface area contributed by atoms with Crippen molar-refractivity contribution in [2.24, 2.45) is 34.5 Å². The van der Waals surface area contributed by atoms with Crippen LogP contribution in [0.25, 0.3) is 0 Å². The molecule has 9 atom stereocenters. The van der Waals surface area contributed by atoms with Crippen LogP contribution in [0, 0.1) is 34.5 Å². The Hall–Kier alpha value is -0.120. The quantitative estimate of drug-likeness (QED) is 0.641. The van der Waals surface area contributed by atoms with Crippen LogP contribution in [-0.4, -0.2) is 33.1 Å². The van der Waals surface area contributed by atoms with Gasteiger partial charge >= 0.3 is 0 Å². The summed E-state index contributed by atoms with van der Waals surface area (Å²) >= 11 is 0. The average Bonchev–Trinajstić information content (AvgIpc) is 2.76. The van der Waals surface area contributed by atoms with Gasteiger partial charge in [0.05, 0.1) is 17.8 Å². The van der Waals surface area contributed by atoms with Crippen molar-refractivity contribution in [1.29, 1.82) is 0 Å². The van der Waals surface area contributed by atoms with Gasteiger partial charge in [-0.05, 0) is 87.3 Å². The zero-order chi connectivity index (χ0) is 19.1. The molecule has 4 aliphatic rings. The minimum absolute atomic E-state index is 0.0614. The highest BCUT2D eigenvalue weighted by molar-refractivity contribution is 5.15. The first kappa shape index (κ1) is 13.1. The molecule has 132 valence electrons. The molecule has 0 aromatic carbocycles. The molecular weight excluding hydrogens is 288 g/mol. The molecule has 0 aromatic rings. The standard InChI is InChI=1S/C20H34O3/c1-18-8-6-13(21)10-12(18)4-5-14-15(18)7-9-19(2)16(14)11-17(22)20(19,3)23/h12-17,21-23H,4-11H2,1-3H3/t12-,13-,14+,15-,16-,17-,18-,19-,20-/m0/s1/i3D3. The molecule has 0 radical (unpaired) electrons. The second-order valence-electron chi connectivity index (χ2n) is 9.56. The fourth-order valence-corrected chi connectivity index (χ4v) is 7.26. The lowest BCUT2D eigenvalue weighted by atomic mass is 9.44. The molecular formula is C20H34O3. The third-order valence-electron chi connectivity index (χ3n) is 8.86. The van der Waals surface area contributed by atoms with Crippen molar-refractivity contribution < 1.29 is 19.4 Å². The van der Waals surface area contributed by atoms with Crippen molar-refractivity contribution >= 4 is 0 Å². The Morgan fingerprint density at radius 1 is 0.957 bits per heavy atom. The third-order valence-corrected chi connectivity index (χ3v) is 8.86. The van der Waals surface area contributed by atoms with Crippen molar-refractivity contribution in [2.75, 3.05) is 0 Å². The molecule has 4 saturated carbocycles. The Bertz CT molecular complexity index is 581. The Morgan fingerprint density at radius 3 is 2.48 bits per heavy atom. The van der Waals surface area contributed by atoms with Gasteiger partial charge in [0.15, 0.2) is 0 Å². The maximum Gasteiger partial charge on any atom is 0.0933 e. The van der Waals surface area contributed by atoms with Gasteiger partial charge in [-0.1, -0.05) is 13.8 Å². The lowest BCUT2D eigenvalue weighted by Gasteiger charge is -2.61. The molecule has 0 aromatic heterocycles. The van der Waals surface area contributed by atoms with Crippen LogP contribution in [0.15, 0.2) is 0 Å². The maximum absolute atomic E-state index is 11.2. The van der Waals surface area contributed by atoms with Crippen molar-refractivity contribution in [1.82, 2.24) is 0 Å². The Kier molecular flexibility index (Phi) is 2.83. The molecule has 4 fully saturated rings. The molecule has 0 spiro atoms. The molecule has 0 saturated heterocycles. The fraction of sp³-hybridized carbons (Fsp3) is 1.00. The normalized spacial score (nSPS) is 64.8. The van der Waals surface area contributed by atoms with Gasteiger partial charge in [-0.2, -0.15) is 0 Å². The van der Waals surface area contributed by atoms with Crippen LogP contribution in [0.2, 0.25) is 0 Å². The van der Waals surface area contributed by atoms with E-state index in [4.69, 9.17) is 4.11 Å². The van der Waals surface area contributed by atoms with Crippen molar-refractivity contribution in [3.05, 3.63) is 0 Å². The van der Waals surface area contributed by atoms with E-state index in [1.54, 1.807) is 0 Å². The third kappa shape index (κ3) is 1.99. The molecule has 3 N–H and O–H groups in total. The largest absolute Gasteiger partial charge is 0.393 e. The Labute approximate surface area is 144 Å². The van der Waals surface area contributed by atoms with E-state index in [1.807, 2.05) is 6.92 Å². The zero-order valence-corrected chi connectivity index (χ0v) is 14.5. The molecule has 0 amide bonds. The smallest absolute Gasteiger partial charge is 0.0933 e. The number of rotatable bonds is 0. The van der Waals surface area contributed by atoms with Gasteiger partial charge in [0, 0.05) is 9.53 Å². The maximum atomic E-state index is 11.2. The van der Waals surface area contributed by atoms with E-state index < -0.39 is 24.0 Å². The topological polar surface area (TPSA) is 60.7 Å². The minimum Gasteiger partial charge on any atom is -0.393 e. The van der Waals surface area contributed by atoms with Gasteiger partial charge < -0.3 is 15.3 Å². The van der Waals surface area contributed by atoms with Crippen molar-refractivity contribution in [3.8, 4) is 0 Å². The highest BCUT2D eigenvalue weighted by atomic mass is 16.3. The van der Waals surface area contributed by atoms with Crippen LogP contribution < -0.4 is 0 Å². The summed E-state index contributed by atoms with van der Waals surface area (Å²) in [6.07, 6.45) is 5.52. The van der Waals surface area contributed by atoms with Gasteiger partial charge in [-0.15, -0.1) is 0 Å². The number of aliphatic hydroxyl groups excluding tert-OH is 2. The van der Waals surface area contributed by atoms with Crippen LogP contribution in [0.4, 0.5) is 0 Å². The van der Waals surface area contributed by atoms with Gasteiger partial charge in [0.1, 0.15) is 0 Å². The predicted octanol–water partition coefficient (Wildman–Crippen LogP) is 3.11. The van der Waals surface area contributed by atoms with Crippen LogP contribution in [-0.2, 0) is 0 Å². The van der Waals surface area contributed by atoms with E-state index in [0.29, 0.717) is 30.6 Å². The minimum atomic E-state index is -2.57. The van der Waals surface area contributed by atoms with Crippen molar-refractivity contribution in [3.63, 3.8) is 0 Å². The predicted molar refractivity (Wildman–Crippen MR) is 89.7 cm³/mol. The fourth-order valence-electron chi connectivity index (χ4n) is 7.26. The van der Waals surface area contributed by atoms with E-state index in [-0.39, 0.29) is 17.4 Å². The summed E-state index contributed by atoms with van der Waals surface area (Å²) in [4.78, 5) is 0. The van der Waals surface area contributed by atoms with Gasteiger partial charge in [0.25, 0.3) is 0 Å². The first-order valence-electron chi connectivity index (χ1n) is 11.0. The molecule has 0 bridgehead atoms. The van der Waals surface area contributed by atoms with Crippen LogP contribution in [0.3, 0.4) is 0 Å². The number of fused-ring (bicyclic) bond motifs is 5. The summed E-state index contributed by atoms with van der Waals surface area (Å²) in [6.45, 7) is 1.72. The second kappa shape index (κ2) is 4.95. The molecule has 3 heteroatoms.